The van der Waals surface area contributed by atoms with Gasteiger partial charge < -0.3 is 4.74 Å². The summed E-state index contributed by atoms with van der Waals surface area (Å²) in [6.45, 7) is 1.39. The van der Waals surface area contributed by atoms with E-state index in [-0.39, 0.29) is 17.5 Å². The van der Waals surface area contributed by atoms with Gasteiger partial charge in [-0.25, -0.2) is 0 Å². The molecule has 12 heavy (non-hydrogen) atoms. The molecule has 0 aliphatic carbocycles. The zero-order valence-corrected chi connectivity index (χ0v) is 7.46. The predicted octanol–water partition coefficient (Wildman–Crippen LogP) is 2.05. The number of esters is 1. The lowest BCUT2D eigenvalue weighted by Crippen LogP contribution is -2.17. The van der Waals surface area contributed by atoms with E-state index in [1.165, 1.54) is 6.92 Å². The molecule has 0 aromatic rings. The highest BCUT2D eigenvalue weighted by molar-refractivity contribution is 8.00. The largest absolute Gasteiger partial charge is 0.469 e. The smallest absolute Gasteiger partial charge is 0.441 e. The van der Waals surface area contributed by atoms with Crippen LogP contribution < -0.4 is 0 Å². The van der Waals surface area contributed by atoms with Crippen molar-refractivity contribution in [3.63, 3.8) is 0 Å². The Hall–Kier alpha value is -0.390. The Bertz CT molecular complexity index is 157. The third-order valence-electron chi connectivity index (χ3n) is 1.10. The highest BCUT2D eigenvalue weighted by atomic mass is 32.2. The fourth-order valence-electron chi connectivity index (χ4n) is 0.489. The van der Waals surface area contributed by atoms with E-state index in [4.69, 9.17) is 0 Å². The molecule has 0 radical (unpaired) electrons. The summed E-state index contributed by atoms with van der Waals surface area (Å²) in [7, 11) is 1.15. The zero-order valence-electron chi connectivity index (χ0n) is 6.64. The van der Waals surface area contributed by atoms with Crippen molar-refractivity contribution in [1.82, 2.24) is 0 Å². The third kappa shape index (κ3) is 5.29. The highest BCUT2D eigenvalue weighted by Crippen LogP contribution is 2.31. The standard InChI is InChI=1S/C6H9F3O2S/c1-4(5(10)11-2)3-12-6(7,8)9/h4H,3H2,1-2H3. The van der Waals surface area contributed by atoms with Crippen LogP contribution in [0.1, 0.15) is 6.92 Å². The molecule has 6 heteroatoms. The van der Waals surface area contributed by atoms with E-state index in [9.17, 15) is 18.0 Å². The Kier molecular flexibility index (Phi) is 4.44. The normalized spacial score (nSPS) is 14.1. The predicted molar refractivity (Wildman–Crippen MR) is 39.7 cm³/mol. The van der Waals surface area contributed by atoms with Crippen LogP contribution in [-0.2, 0) is 9.53 Å². The van der Waals surface area contributed by atoms with E-state index in [1.54, 1.807) is 0 Å². The molecule has 0 aliphatic rings. The van der Waals surface area contributed by atoms with E-state index >= 15 is 0 Å². The maximum atomic E-state index is 11.6. The Balaban J connectivity index is 3.72. The van der Waals surface area contributed by atoms with Crippen LogP contribution >= 0.6 is 11.8 Å². The first-order valence-corrected chi connectivity index (χ1v) is 4.14. The molecule has 0 heterocycles. The molecule has 0 N–H and O–H groups in total. The van der Waals surface area contributed by atoms with Crippen molar-refractivity contribution in [3.8, 4) is 0 Å². The first-order valence-electron chi connectivity index (χ1n) is 3.15. The van der Waals surface area contributed by atoms with Gasteiger partial charge >= 0.3 is 11.5 Å². The number of hydrogen-bond acceptors (Lipinski definition) is 3. The zero-order chi connectivity index (χ0) is 9.78. The molecule has 1 atom stereocenters. The Morgan fingerprint density at radius 1 is 1.58 bits per heavy atom. The molecule has 0 fully saturated rings. The van der Waals surface area contributed by atoms with E-state index in [2.05, 4.69) is 4.74 Å². The number of carbonyl (C=O) groups is 1. The van der Waals surface area contributed by atoms with Crippen LogP contribution in [0.4, 0.5) is 13.2 Å². The second kappa shape index (κ2) is 4.59. The van der Waals surface area contributed by atoms with Crippen LogP contribution in [0.3, 0.4) is 0 Å². The summed E-state index contributed by atoms with van der Waals surface area (Å²) < 4.78 is 39.0. The van der Waals surface area contributed by atoms with Gasteiger partial charge in [-0.2, -0.15) is 13.2 Å². The van der Waals surface area contributed by atoms with Gasteiger partial charge in [0, 0.05) is 5.75 Å². The molecular weight excluding hydrogens is 193 g/mol. The molecule has 0 rings (SSSR count). The number of ether oxygens (including phenoxy) is 1. The minimum Gasteiger partial charge on any atom is -0.469 e. The van der Waals surface area contributed by atoms with Crippen LogP contribution in [0.25, 0.3) is 0 Å². The van der Waals surface area contributed by atoms with Crippen LogP contribution in [0.2, 0.25) is 0 Å². The average Bonchev–Trinajstić information content (AvgIpc) is 1.97. The topological polar surface area (TPSA) is 26.3 Å². The minimum absolute atomic E-state index is 0.215. The molecule has 0 saturated heterocycles. The van der Waals surface area contributed by atoms with Gasteiger partial charge in [0.2, 0.25) is 0 Å². The molecule has 72 valence electrons. The molecule has 0 saturated carbocycles. The first-order chi connectivity index (χ1) is 5.37. The quantitative estimate of drug-likeness (QED) is 0.655. The average molecular weight is 202 g/mol. The Morgan fingerprint density at radius 3 is 2.42 bits per heavy atom. The lowest BCUT2D eigenvalue weighted by Gasteiger charge is -2.09. The molecule has 0 bridgehead atoms. The highest BCUT2D eigenvalue weighted by Gasteiger charge is 2.30. The van der Waals surface area contributed by atoms with Crippen molar-refractivity contribution in [2.24, 2.45) is 5.92 Å². The number of halogens is 3. The maximum absolute atomic E-state index is 11.6. The van der Waals surface area contributed by atoms with E-state index in [0.717, 1.165) is 7.11 Å². The second-order valence-corrected chi connectivity index (χ2v) is 3.27. The van der Waals surface area contributed by atoms with Crippen molar-refractivity contribution in [3.05, 3.63) is 0 Å². The van der Waals surface area contributed by atoms with Gasteiger partial charge in [0.05, 0.1) is 13.0 Å². The van der Waals surface area contributed by atoms with E-state index in [1.807, 2.05) is 0 Å². The van der Waals surface area contributed by atoms with Crippen molar-refractivity contribution < 1.29 is 22.7 Å². The van der Waals surface area contributed by atoms with Crippen LogP contribution in [0.5, 0.6) is 0 Å². The van der Waals surface area contributed by atoms with Gasteiger partial charge in [0.25, 0.3) is 0 Å². The summed E-state index contributed by atoms with van der Waals surface area (Å²) in [6.07, 6.45) is 0. The van der Waals surface area contributed by atoms with Gasteiger partial charge in [0.15, 0.2) is 0 Å². The number of hydrogen-bond donors (Lipinski definition) is 0. The number of thioether (sulfide) groups is 1. The molecule has 1 unspecified atom stereocenters. The van der Waals surface area contributed by atoms with Crippen molar-refractivity contribution in [2.45, 2.75) is 12.4 Å². The Labute approximate surface area is 72.5 Å². The summed E-state index contributed by atoms with van der Waals surface area (Å²) in [5, 5.41) is 0. The van der Waals surface area contributed by atoms with Crippen molar-refractivity contribution >= 4 is 17.7 Å². The number of carbonyl (C=O) groups excluding carboxylic acids is 1. The van der Waals surface area contributed by atoms with Gasteiger partial charge in [-0.3, -0.25) is 4.79 Å². The molecule has 0 aliphatic heterocycles. The van der Waals surface area contributed by atoms with E-state index < -0.39 is 17.4 Å². The summed E-state index contributed by atoms with van der Waals surface area (Å²) in [6, 6.07) is 0. The molecule has 0 aromatic heterocycles. The van der Waals surface area contributed by atoms with Gasteiger partial charge in [-0.1, -0.05) is 18.7 Å². The van der Waals surface area contributed by atoms with Crippen LogP contribution in [0, 0.1) is 5.92 Å². The summed E-state index contributed by atoms with van der Waals surface area (Å²) in [5.41, 5.74) is -4.28. The second-order valence-electron chi connectivity index (χ2n) is 2.18. The maximum Gasteiger partial charge on any atom is 0.441 e. The van der Waals surface area contributed by atoms with Gasteiger partial charge in [-0.15, -0.1) is 0 Å². The molecular formula is C6H9F3O2S. The summed E-state index contributed by atoms with van der Waals surface area (Å²) in [5.74, 6) is -1.63. The molecule has 0 spiro atoms. The summed E-state index contributed by atoms with van der Waals surface area (Å²) in [4.78, 5) is 10.6. The van der Waals surface area contributed by atoms with Crippen LogP contribution in [0.15, 0.2) is 0 Å². The first kappa shape index (κ1) is 11.6. The molecule has 0 amide bonds. The lowest BCUT2D eigenvalue weighted by atomic mass is 10.2. The van der Waals surface area contributed by atoms with Crippen LogP contribution in [-0.4, -0.2) is 24.3 Å². The third-order valence-corrected chi connectivity index (χ3v) is 2.09. The number of methoxy groups -OCH3 is 1. The number of alkyl halides is 3. The monoisotopic (exact) mass is 202 g/mol. The van der Waals surface area contributed by atoms with Gasteiger partial charge in [0.1, 0.15) is 0 Å². The SMILES string of the molecule is COC(=O)C(C)CSC(F)(F)F. The van der Waals surface area contributed by atoms with Crippen molar-refractivity contribution in [2.75, 3.05) is 12.9 Å². The number of rotatable bonds is 3. The minimum atomic E-state index is -4.28. The lowest BCUT2D eigenvalue weighted by molar-refractivity contribution is -0.144. The fourth-order valence-corrected chi connectivity index (χ4v) is 1.06. The fraction of sp³-hybridized carbons (Fsp3) is 0.833. The molecule has 2 nitrogen and oxygen atoms in total. The Morgan fingerprint density at radius 2 is 2.08 bits per heavy atom. The van der Waals surface area contributed by atoms with Gasteiger partial charge in [-0.05, 0) is 0 Å². The molecule has 0 aromatic carbocycles. The summed E-state index contributed by atoms with van der Waals surface area (Å²) >= 11 is -0.215. The van der Waals surface area contributed by atoms with Crippen molar-refractivity contribution in [1.29, 1.82) is 0 Å². The van der Waals surface area contributed by atoms with E-state index in [0.29, 0.717) is 0 Å².